The van der Waals surface area contributed by atoms with Gasteiger partial charge in [-0.1, -0.05) is 49.2 Å². The number of rotatable bonds is 12. The summed E-state index contributed by atoms with van der Waals surface area (Å²) in [5.41, 5.74) is 0.945. The summed E-state index contributed by atoms with van der Waals surface area (Å²) in [6.45, 7) is 1.19. The molecule has 0 amide bonds. The zero-order valence-corrected chi connectivity index (χ0v) is 31.6. The number of allylic oxidation sites excluding steroid dienone is 1. The fourth-order valence-corrected chi connectivity index (χ4v) is 7.43. The number of para-hydroxylation sites is 1. The van der Waals surface area contributed by atoms with Crippen LogP contribution in [0.15, 0.2) is 118 Å². The lowest BCUT2D eigenvalue weighted by molar-refractivity contribution is 0.0224. The van der Waals surface area contributed by atoms with Gasteiger partial charge in [0.25, 0.3) is 0 Å². The second-order valence-corrected chi connectivity index (χ2v) is 14.2. The smallest absolute Gasteiger partial charge is 0.351 e. The van der Waals surface area contributed by atoms with Crippen molar-refractivity contribution < 1.29 is 43.5 Å². The van der Waals surface area contributed by atoms with Gasteiger partial charge < -0.3 is 44.6 Å². The van der Waals surface area contributed by atoms with Crippen LogP contribution in [0.25, 0.3) is 17.0 Å². The molecule has 0 radical (unpaired) electrons. The van der Waals surface area contributed by atoms with Crippen LogP contribution >= 0.6 is 12.2 Å². The van der Waals surface area contributed by atoms with Gasteiger partial charge in [0, 0.05) is 41.1 Å². The van der Waals surface area contributed by atoms with Crippen molar-refractivity contribution >= 4 is 51.8 Å². The molecular weight excluding hydrogens is 761 g/mol. The summed E-state index contributed by atoms with van der Waals surface area (Å²) in [6.07, 6.45) is 6.42. The highest BCUT2D eigenvalue weighted by molar-refractivity contribution is 7.80. The molecule has 0 saturated heterocycles. The summed E-state index contributed by atoms with van der Waals surface area (Å²) in [4.78, 5) is 38.5. The fraction of sp³-hybridized carbons (Fsp3) is 0.156. The third-order valence-corrected chi connectivity index (χ3v) is 10.2. The molecule has 1 aromatic heterocycles. The van der Waals surface area contributed by atoms with Gasteiger partial charge >= 0.3 is 11.6 Å². The number of ether oxygens (including phenoxy) is 3. The number of nitrogens with one attached hydrogen (secondary N) is 2. The fourth-order valence-electron chi connectivity index (χ4n) is 7.21. The van der Waals surface area contributed by atoms with Crippen molar-refractivity contribution in [3.05, 3.63) is 153 Å². The molecule has 0 unspecified atom stereocenters. The number of phenols is 2. The van der Waals surface area contributed by atoms with Crippen LogP contribution in [0.5, 0.6) is 34.5 Å². The summed E-state index contributed by atoms with van der Waals surface area (Å²) in [6, 6.07) is 28.2. The lowest BCUT2D eigenvalue weighted by Crippen LogP contribution is -2.33. The van der Waals surface area contributed by atoms with E-state index in [9.17, 15) is 29.7 Å². The van der Waals surface area contributed by atoms with Crippen molar-refractivity contribution in [3.63, 3.8) is 0 Å². The number of benzene rings is 5. The van der Waals surface area contributed by atoms with E-state index in [0.29, 0.717) is 63.5 Å². The van der Waals surface area contributed by atoms with Gasteiger partial charge in [0.1, 0.15) is 45.6 Å². The van der Waals surface area contributed by atoms with Gasteiger partial charge in [-0.2, -0.15) is 0 Å². The molecule has 13 heteroatoms. The molecule has 2 aliphatic rings. The molecule has 0 bridgehead atoms. The Balaban J connectivity index is 0.779. The number of fused-ring (bicyclic) bond motifs is 7. The van der Waals surface area contributed by atoms with Crippen molar-refractivity contribution in [1.29, 1.82) is 0 Å². The quantitative estimate of drug-likeness (QED) is 0.0200. The minimum Gasteiger partial charge on any atom is -0.508 e. The van der Waals surface area contributed by atoms with Crippen LogP contribution in [0.4, 0.5) is 5.69 Å². The summed E-state index contributed by atoms with van der Waals surface area (Å²) in [5.74, 6) is -0.307. The largest absolute Gasteiger partial charge is 0.508 e. The minimum absolute atomic E-state index is 0.0139. The van der Waals surface area contributed by atoms with Gasteiger partial charge in [0.2, 0.25) is 0 Å². The van der Waals surface area contributed by atoms with Crippen LogP contribution in [0.1, 0.15) is 68.7 Å². The molecule has 2 aliphatic heterocycles. The summed E-state index contributed by atoms with van der Waals surface area (Å²) in [7, 11) is 0. The van der Waals surface area contributed by atoms with E-state index in [0.717, 1.165) is 31.2 Å². The van der Waals surface area contributed by atoms with Crippen LogP contribution in [0, 0.1) is 0 Å². The van der Waals surface area contributed by atoms with Crippen LogP contribution in [0.3, 0.4) is 0 Å². The number of thiocarbonyl (C=S) groups is 1. The average Bonchev–Trinajstić information content (AvgIpc) is 3.49. The van der Waals surface area contributed by atoms with Crippen LogP contribution in [-0.4, -0.2) is 45.3 Å². The lowest BCUT2D eigenvalue weighted by Gasteiger charge is -2.36. The first-order valence-electron chi connectivity index (χ1n) is 18.6. The van der Waals surface area contributed by atoms with E-state index in [1.165, 1.54) is 30.3 Å². The molecule has 0 aliphatic carbocycles. The zero-order valence-electron chi connectivity index (χ0n) is 30.8. The molecule has 1 spiro atoms. The van der Waals surface area contributed by atoms with E-state index in [1.807, 2.05) is 12.1 Å². The Bertz CT molecular complexity index is 2640. The first-order valence-corrected chi connectivity index (χ1v) is 19.0. The van der Waals surface area contributed by atoms with E-state index >= 15 is 0 Å². The lowest BCUT2D eigenvalue weighted by atomic mass is 9.77. The van der Waals surface area contributed by atoms with Crippen molar-refractivity contribution in [2.24, 2.45) is 0 Å². The van der Waals surface area contributed by atoms with Gasteiger partial charge in [0.05, 0.1) is 17.6 Å². The molecule has 292 valence electrons. The van der Waals surface area contributed by atoms with Crippen molar-refractivity contribution in [2.45, 2.75) is 31.3 Å². The SMILES string of the molecule is O=C1OC2(c3ccc(O)cc3Oc3cc(O)ccc32)c2ccc(NC(=S)NCCCCCCOc3ccc(/C=C/C(=O)c4c(O)c5ccccc5oc4=O)cc3)cc21. The average molecular weight is 797 g/mol. The maximum atomic E-state index is 13.4. The predicted molar refractivity (Wildman–Crippen MR) is 220 cm³/mol. The minimum atomic E-state index is -1.33. The number of phenolic OH excluding ortho intramolecular Hbond substituents is 2. The summed E-state index contributed by atoms with van der Waals surface area (Å²) < 4.78 is 23.2. The standard InChI is InChI=1S/C45H36N2O10S/c48-28-13-18-34-38(24-28)55-39-25-29(49)14-19-35(39)45(34)33-17-12-27(23-32(33)42(52)57-45)47-44(58)46-21-5-1-2-6-22-54-30-15-9-26(10-16-30)11-20-36(50)40-41(51)31-7-3-4-8-37(31)56-43(40)53/h3-4,7-20,23-25,48-49,51H,1-2,5-6,21-22H2,(H2,46,47,58)/b20-11+. The van der Waals surface area contributed by atoms with Gasteiger partial charge in [0.15, 0.2) is 16.5 Å². The summed E-state index contributed by atoms with van der Waals surface area (Å²) >= 11 is 5.53. The molecule has 0 fully saturated rings. The van der Waals surface area contributed by atoms with E-state index in [2.05, 4.69) is 10.6 Å². The molecular formula is C45H36N2O10S. The van der Waals surface area contributed by atoms with Crippen molar-refractivity contribution in [1.82, 2.24) is 5.32 Å². The molecule has 0 atom stereocenters. The number of hydrogen-bond acceptors (Lipinski definition) is 11. The Labute approximate surface area is 336 Å². The number of carbonyl (C=O) groups is 2. The number of carbonyl (C=O) groups excluding carboxylic acids is 2. The van der Waals surface area contributed by atoms with Crippen molar-refractivity contribution in [3.8, 4) is 34.5 Å². The van der Waals surface area contributed by atoms with Gasteiger partial charge in [-0.25, -0.2) is 9.59 Å². The molecule has 5 N–H and O–H groups in total. The second-order valence-electron chi connectivity index (χ2n) is 13.8. The molecule has 8 rings (SSSR count). The molecule has 12 nitrogen and oxygen atoms in total. The number of unbranched alkanes of at least 4 members (excludes halogenated alkanes) is 3. The Kier molecular flexibility index (Phi) is 10.3. The Morgan fingerprint density at radius 2 is 1.48 bits per heavy atom. The van der Waals surface area contributed by atoms with Crippen LogP contribution < -0.4 is 25.7 Å². The predicted octanol–water partition coefficient (Wildman–Crippen LogP) is 8.30. The zero-order chi connectivity index (χ0) is 40.4. The molecule has 5 aromatic carbocycles. The van der Waals surface area contributed by atoms with E-state index in [1.54, 1.807) is 72.8 Å². The highest BCUT2D eigenvalue weighted by Gasteiger charge is 2.53. The number of anilines is 1. The summed E-state index contributed by atoms with van der Waals surface area (Å²) in [5, 5.41) is 37.9. The molecule has 0 saturated carbocycles. The van der Waals surface area contributed by atoms with E-state index in [4.69, 9.17) is 30.8 Å². The maximum absolute atomic E-state index is 13.4. The molecule has 3 heterocycles. The first-order chi connectivity index (χ1) is 28.1. The highest BCUT2D eigenvalue weighted by Crippen LogP contribution is 2.57. The third-order valence-electron chi connectivity index (χ3n) is 10.00. The third kappa shape index (κ3) is 7.30. The Morgan fingerprint density at radius 3 is 2.22 bits per heavy atom. The van der Waals surface area contributed by atoms with Gasteiger partial charge in [-0.15, -0.1) is 0 Å². The van der Waals surface area contributed by atoms with Crippen LogP contribution in [-0.2, 0) is 10.3 Å². The molecule has 58 heavy (non-hydrogen) atoms. The maximum Gasteiger partial charge on any atom is 0.351 e. The number of hydrogen-bond donors (Lipinski definition) is 5. The van der Waals surface area contributed by atoms with Gasteiger partial charge in [-0.3, -0.25) is 4.79 Å². The van der Waals surface area contributed by atoms with Crippen LogP contribution in [0.2, 0.25) is 0 Å². The van der Waals surface area contributed by atoms with Crippen molar-refractivity contribution in [2.75, 3.05) is 18.5 Å². The van der Waals surface area contributed by atoms with E-state index < -0.39 is 34.3 Å². The Hall–Kier alpha value is -7.12. The normalized spacial score (nSPS) is 13.3. The number of ketones is 1. The first kappa shape index (κ1) is 37.8. The highest BCUT2D eigenvalue weighted by atomic mass is 32.1. The Morgan fingerprint density at radius 1 is 0.793 bits per heavy atom. The van der Waals surface area contributed by atoms with E-state index in [-0.39, 0.29) is 22.5 Å². The topological polar surface area (TPSA) is 177 Å². The molecule has 6 aromatic rings. The number of esters is 1. The van der Waals surface area contributed by atoms with Gasteiger partial charge in [-0.05, 0) is 97.4 Å². The monoisotopic (exact) mass is 796 g/mol. The second kappa shape index (κ2) is 15.8. The number of aromatic hydroxyl groups is 3.